The van der Waals surface area contributed by atoms with E-state index in [-0.39, 0.29) is 18.1 Å². The number of esters is 1. The molecule has 0 bridgehead atoms. The molecule has 1 aromatic heterocycles. The number of nitrogens with one attached hydrogen (secondary N) is 1. The number of aromatic nitrogens is 2. The van der Waals surface area contributed by atoms with Crippen molar-refractivity contribution < 1.29 is 14.5 Å². The highest BCUT2D eigenvalue weighted by molar-refractivity contribution is 5.90. The molecule has 0 radical (unpaired) electrons. The lowest BCUT2D eigenvalue weighted by Crippen LogP contribution is -2.10. The Labute approximate surface area is 113 Å². The molecule has 0 atom stereocenters. The minimum absolute atomic E-state index is 0.0386. The van der Waals surface area contributed by atoms with Crippen LogP contribution in [-0.4, -0.2) is 34.5 Å². The van der Waals surface area contributed by atoms with E-state index in [0.29, 0.717) is 23.3 Å². The molecule has 1 heterocycles. The number of hydrogen-bond acceptors (Lipinski definition) is 7. The molecule has 8 heteroatoms. The highest BCUT2D eigenvalue weighted by Gasteiger charge is 2.10. The monoisotopic (exact) mass is 276 g/mol. The summed E-state index contributed by atoms with van der Waals surface area (Å²) in [6.45, 7) is 0.321. The Balaban J connectivity index is 2.25. The van der Waals surface area contributed by atoms with Crippen LogP contribution in [-0.2, 0) is 9.53 Å². The summed E-state index contributed by atoms with van der Waals surface area (Å²) in [7, 11) is 1.31. The molecule has 8 nitrogen and oxygen atoms in total. The van der Waals surface area contributed by atoms with Crippen LogP contribution < -0.4 is 5.32 Å². The number of hydrogen-bond donors (Lipinski definition) is 1. The van der Waals surface area contributed by atoms with Crippen LogP contribution in [0.3, 0.4) is 0 Å². The Bertz CT molecular complexity index is 659. The molecule has 0 spiro atoms. The first-order valence-corrected chi connectivity index (χ1v) is 5.81. The average Bonchev–Trinajstić information content (AvgIpc) is 2.46. The second-order valence-corrected chi connectivity index (χ2v) is 3.93. The van der Waals surface area contributed by atoms with Crippen molar-refractivity contribution in [2.24, 2.45) is 0 Å². The van der Waals surface area contributed by atoms with Gasteiger partial charge in [-0.05, 0) is 6.07 Å². The summed E-state index contributed by atoms with van der Waals surface area (Å²) in [5, 5.41) is 14.3. The van der Waals surface area contributed by atoms with Gasteiger partial charge in [-0.15, -0.1) is 0 Å². The number of benzene rings is 1. The number of nitro groups is 1. The zero-order valence-electron chi connectivity index (χ0n) is 10.7. The largest absolute Gasteiger partial charge is 0.469 e. The summed E-state index contributed by atoms with van der Waals surface area (Å²) >= 11 is 0. The second kappa shape index (κ2) is 5.91. The molecule has 20 heavy (non-hydrogen) atoms. The third-order valence-electron chi connectivity index (χ3n) is 2.68. The Morgan fingerprint density at radius 1 is 1.45 bits per heavy atom. The van der Waals surface area contributed by atoms with Gasteiger partial charge in [0.1, 0.15) is 12.1 Å². The first kappa shape index (κ1) is 13.7. The number of carbonyl (C=O) groups excluding carboxylic acids is 1. The normalized spacial score (nSPS) is 10.2. The molecule has 1 N–H and O–H groups in total. The summed E-state index contributed by atoms with van der Waals surface area (Å²) in [6.07, 6.45) is 1.53. The number of non-ortho nitro benzene ring substituents is 1. The Morgan fingerprint density at radius 3 is 2.95 bits per heavy atom. The van der Waals surface area contributed by atoms with Crippen molar-refractivity contribution in [3.8, 4) is 0 Å². The van der Waals surface area contributed by atoms with Crippen LogP contribution in [0.25, 0.3) is 10.9 Å². The van der Waals surface area contributed by atoms with E-state index in [4.69, 9.17) is 0 Å². The molecule has 1 aromatic carbocycles. The van der Waals surface area contributed by atoms with E-state index in [0.717, 1.165) is 0 Å². The predicted octanol–water partition coefficient (Wildman–Crippen LogP) is 1.51. The van der Waals surface area contributed by atoms with E-state index in [1.807, 2.05) is 0 Å². The van der Waals surface area contributed by atoms with E-state index in [2.05, 4.69) is 20.0 Å². The first-order valence-electron chi connectivity index (χ1n) is 5.81. The number of ether oxygens (including phenoxy) is 1. The summed E-state index contributed by atoms with van der Waals surface area (Å²) < 4.78 is 4.53. The Morgan fingerprint density at radius 2 is 2.25 bits per heavy atom. The lowest BCUT2D eigenvalue weighted by atomic mass is 10.2. The molecule has 2 aromatic rings. The van der Waals surface area contributed by atoms with Gasteiger partial charge in [-0.1, -0.05) is 0 Å². The van der Waals surface area contributed by atoms with Gasteiger partial charge in [0.25, 0.3) is 5.69 Å². The van der Waals surface area contributed by atoms with Crippen LogP contribution in [0.2, 0.25) is 0 Å². The minimum atomic E-state index is -0.481. The molecule has 0 fully saturated rings. The molecule has 0 aliphatic heterocycles. The second-order valence-electron chi connectivity index (χ2n) is 3.93. The molecule has 0 aliphatic rings. The highest BCUT2D eigenvalue weighted by atomic mass is 16.6. The highest BCUT2D eigenvalue weighted by Crippen LogP contribution is 2.24. The summed E-state index contributed by atoms with van der Waals surface area (Å²) in [5.41, 5.74) is 0.550. The average molecular weight is 276 g/mol. The molecule has 0 unspecified atom stereocenters. The van der Waals surface area contributed by atoms with Gasteiger partial charge in [0.2, 0.25) is 0 Å². The Kier molecular flexibility index (Phi) is 4.04. The number of fused-ring (bicyclic) bond motifs is 1. The quantitative estimate of drug-likeness (QED) is 0.501. The summed E-state index contributed by atoms with van der Waals surface area (Å²) in [4.78, 5) is 29.4. The van der Waals surface area contributed by atoms with E-state index in [9.17, 15) is 14.9 Å². The fourth-order valence-corrected chi connectivity index (χ4v) is 1.68. The molecule has 0 saturated carbocycles. The summed E-state index contributed by atoms with van der Waals surface area (Å²) in [5.74, 6) is 0.101. The molecular formula is C12H12N4O4. The molecule has 104 valence electrons. The minimum Gasteiger partial charge on any atom is -0.469 e. The van der Waals surface area contributed by atoms with Gasteiger partial charge in [0.05, 0.1) is 24.0 Å². The topological polar surface area (TPSA) is 107 Å². The van der Waals surface area contributed by atoms with Crippen molar-refractivity contribution in [3.63, 3.8) is 0 Å². The predicted molar refractivity (Wildman–Crippen MR) is 71.3 cm³/mol. The van der Waals surface area contributed by atoms with Gasteiger partial charge in [-0.3, -0.25) is 14.9 Å². The van der Waals surface area contributed by atoms with Crippen molar-refractivity contribution in [3.05, 3.63) is 34.6 Å². The van der Waals surface area contributed by atoms with E-state index in [1.165, 1.54) is 25.6 Å². The third kappa shape index (κ3) is 2.97. The van der Waals surface area contributed by atoms with Crippen molar-refractivity contribution in [1.29, 1.82) is 0 Å². The number of methoxy groups -OCH3 is 1. The van der Waals surface area contributed by atoms with Gasteiger partial charge in [-0.25, -0.2) is 9.97 Å². The van der Waals surface area contributed by atoms with Crippen LogP contribution in [0.4, 0.5) is 11.5 Å². The smallest absolute Gasteiger partial charge is 0.307 e. The number of nitrogens with zero attached hydrogens (tertiary/aromatic N) is 3. The fourth-order valence-electron chi connectivity index (χ4n) is 1.68. The number of nitro benzene ring substituents is 1. The zero-order valence-corrected chi connectivity index (χ0v) is 10.7. The molecule has 0 aliphatic carbocycles. The Hall–Kier alpha value is -2.77. The van der Waals surface area contributed by atoms with Gasteiger partial charge in [0.15, 0.2) is 0 Å². The van der Waals surface area contributed by atoms with Crippen LogP contribution >= 0.6 is 0 Å². The van der Waals surface area contributed by atoms with E-state index < -0.39 is 4.92 Å². The molecule has 0 saturated heterocycles. The number of rotatable bonds is 5. The molecule has 0 amide bonds. The molecule has 2 rings (SSSR count). The van der Waals surface area contributed by atoms with Gasteiger partial charge >= 0.3 is 5.97 Å². The maximum atomic E-state index is 11.0. The fraction of sp³-hybridized carbons (Fsp3) is 0.250. The van der Waals surface area contributed by atoms with Crippen molar-refractivity contribution in [1.82, 2.24) is 9.97 Å². The lowest BCUT2D eigenvalue weighted by molar-refractivity contribution is -0.384. The summed E-state index contributed by atoms with van der Waals surface area (Å²) in [6, 6.07) is 4.34. The van der Waals surface area contributed by atoms with Gasteiger partial charge in [-0.2, -0.15) is 0 Å². The van der Waals surface area contributed by atoms with Crippen LogP contribution in [0.5, 0.6) is 0 Å². The SMILES string of the molecule is COC(=O)CCNc1ncnc2ccc([N+](=O)[O-])cc12. The van der Waals surface area contributed by atoms with Crippen LogP contribution in [0.1, 0.15) is 6.42 Å². The molecular weight excluding hydrogens is 264 g/mol. The number of carbonyl (C=O) groups is 1. The van der Waals surface area contributed by atoms with Crippen molar-refractivity contribution >= 4 is 28.4 Å². The van der Waals surface area contributed by atoms with Gasteiger partial charge < -0.3 is 10.1 Å². The number of anilines is 1. The zero-order chi connectivity index (χ0) is 14.5. The van der Waals surface area contributed by atoms with Crippen molar-refractivity contribution in [2.45, 2.75) is 6.42 Å². The maximum Gasteiger partial charge on any atom is 0.307 e. The van der Waals surface area contributed by atoms with Gasteiger partial charge in [0, 0.05) is 24.1 Å². The standard InChI is InChI=1S/C12H12N4O4/c1-20-11(17)4-5-13-12-9-6-8(16(18)19)2-3-10(9)14-7-15-12/h2-3,6-7H,4-5H2,1H3,(H,13,14,15). The van der Waals surface area contributed by atoms with Crippen LogP contribution in [0, 0.1) is 10.1 Å². The lowest BCUT2D eigenvalue weighted by Gasteiger charge is -2.07. The maximum absolute atomic E-state index is 11.0. The third-order valence-corrected chi connectivity index (χ3v) is 2.68. The van der Waals surface area contributed by atoms with E-state index in [1.54, 1.807) is 6.07 Å². The van der Waals surface area contributed by atoms with Crippen LogP contribution in [0.15, 0.2) is 24.5 Å². The van der Waals surface area contributed by atoms with Crippen molar-refractivity contribution in [2.75, 3.05) is 19.0 Å². The first-order chi connectivity index (χ1) is 9.61. The van der Waals surface area contributed by atoms with E-state index >= 15 is 0 Å².